The molecule has 1 amide bonds. The topological polar surface area (TPSA) is 64.8 Å². The van der Waals surface area contributed by atoms with Crippen LogP contribution in [-0.2, 0) is 24.2 Å². The van der Waals surface area contributed by atoms with E-state index in [2.05, 4.69) is 33.2 Å². The van der Waals surface area contributed by atoms with Crippen LogP contribution in [0.1, 0.15) is 41.4 Å². The van der Waals surface area contributed by atoms with Crippen molar-refractivity contribution in [2.75, 3.05) is 6.54 Å². The van der Waals surface area contributed by atoms with Gasteiger partial charge in [-0.25, -0.2) is 4.98 Å². The molecule has 1 atom stereocenters. The number of aromatic nitrogens is 3. The van der Waals surface area contributed by atoms with Gasteiger partial charge in [-0.05, 0) is 30.9 Å². The number of amides is 1. The van der Waals surface area contributed by atoms with Crippen molar-refractivity contribution in [2.45, 2.75) is 38.1 Å². The molecule has 1 aliphatic heterocycles. The van der Waals surface area contributed by atoms with Crippen LogP contribution < -0.4 is 0 Å². The molecule has 5 rings (SSSR count). The molecule has 0 saturated heterocycles. The van der Waals surface area contributed by atoms with Crippen LogP contribution in [0.15, 0.2) is 30.6 Å². The number of aromatic amines is 2. The molecule has 3 aromatic rings. The maximum absolute atomic E-state index is 13.2. The Morgan fingerprint density at radius 1 is 1.25 bits per heavy atom. The minimum Gasteiger partial charge on any atom is -0.357 e. The summed E-state index contributed by atoms with van der Waals surface area (Å²) in [4.78, 5) is 26.2. The lowest BCUT2D eigenvalue weighted by Crippen LogP contribution is -2.40. The summed E-state index contributed by atoms with van der Waals surface area (Å²) >= 11 is 0. The van der Waals surface area contributed by atoms with Crippen molar-refractivity contribution in [1.29, 1.82) is 0 Å². The van der Waals surface area contributed by atoms with Crippen molar-refractivity contribution in [3.63, 3.8) is 0 Å². The van der Waals surface area contributed by atoms with E-state index in [1.54, 1.807) is 6.33 Å². The SMILES string of the molecule is O=C(C1CCCc2c1[nH]c1ccccc21)N1CCc2nc[nH]c2C1. The Hall–Kier alpha value is -2.56. The molecule has 24 heavy (non-hydrogen) atoms. The maximum Gasteiger partial charge on any atom is 0.232 e. The second-order valence-corrected chi connectivity index (χ2v) is 6.85. The van der Waals surface area contributed by atoms with Gasteiger partial charge in [0, 0.05) is 29.6 Å². The van der Waals surface area contributed by atoms with Crippen LogP contribution in [0.5, 0.6) is 0 Å². The molecule has 2 N–H and O–H groups in total. The molecule has 2 aliphatic rings. The number of carbonyl (C=O) groups excluding carboxylic acids is 1. The number of carbonyl (C=O) groups is 1. The molecule has 5 heteroatoms. The van der Waals surface area contributed by atoms with Crippen LogP contribution in [0, 0.1) is 0 Å². The normalized spacial score (nSPS) is 20.0. The summed E-state index contributed by atoms with van der Waals surface area (Å²) in [6.45, 7) is 1.42. The average Bonchev–Trinajstić information content (AvgIpc) is 3.24. The molecule has 2 aromatic heterocycles. The first-order valence-electron chi connectivity index (χ1n) is 8.70. The number of hydrogen-bond donors (Lipinski definition) is 2. The highest BCUT2D eigenvalue weighted by Crippen LogP contribution is 2.37. The molecule has 122 valence electrons. The van der Waals surface area contributed by atoms with Crippen LogP contribution in [0.2, 0.25) is 0 Å². The maximum atomic E-state index is 13.2. The quantitative estimate of drug-likeness (QED) is 0.724. The van der Waals surface area contributed by atoms with Gasteiger partial charge in [0.2, 0.25) is 5.91 Å². The number of aryl methyl sites for hydroxylation is 1. The number of hydrogen-bond acceptors (Lipinski definition) is 2. The fourth-order valence-corrected chi connectivity index (χ4v) is 4.28. The Bertz CT molecular complexity index is 922. The average molecular weight is 320 g/mol. The van der Waals surface area contributed by atoms with Crippen LogP contribution in [-0.4, -0.2) is 32.3 Å². The van der Waals surface area contributed by atoms with Crippen molar-refractivity contribution in [3.8, 4) is 0 Å². The highest BCUT2D eigenvalue weighted by Gasteiger charge is 2.34. The molecule has 0 spiro atoms. The Morgan fingerprint density at radius 3 is 3.12 bits per heavy atom. The lowest BCUT2D eigenvalue weighted by atomic mass is 9.85. The first kappa shape index (κ1) is 13.8. The number of nitrogens with one attached hydrogen (secondary N) is 2. The van der Waals surface area contributed by atoms with E-state index in [9.17, 15) is 4.79 Å². The summed E-state index contributed by atoms with van der Waals surface area (Å²) in [6, 6.07) is 8.39. The molecule has 3 heterocycles. The van der Waals surface area contributed by atoms with E-state index in [-0.39, 0.29) is 11.8 Å². The van der Waals surface area contributed by atoms with Gasteiger partial charge in [0.25, 0.3) is 0 Å². The van der Waals surface area contributed by atoms with E-state index in [1.165, 1.54) is 10.9 Å². The van der Waals surface area contributed by atoms with Gasteiger partial charge in [-0.1, -0.05) is 18.2 Å². The van der Waals surface area contributed by atoms with Gasteiger partial charge in [-0.2, -0.15) is 0 Å². The third-order valence-electron chi connectivity index (χ3n) is 5.50. The molecule has 1 aliphatic carbocycles. The molecule has 0 bridgehead atoms. The summed E-state index contributed by atoms with van der Waals surface area (Å²) in [5.74, 6) is 0.216. The van der Waals surface area contributed by atoms with Crippen LogP contribution in [0.3, 0.4) is 0 Å². The highest BCUT2D eigenvalue weighted by atomic mass is 16.2. The first-order chi connectivity index (χ1) is 11.8. The zero-order valence-electron chi connectivity index (χ0n) is 13.5. The Balaban J connectivity index is 1.49. The lowest BCUT2D eigenvalue weighted by molar-refractivity contribution is -0.134. The van der Waals surface area contributed by atoms with Gasteiger partial charge in [-0.3, -0.25) is 4.79 Å². The predicted octanol–water partition coefficient (Wildman–Crippen LogP) is 2.90. The number of nitrogens with zero attached hydrogens (tertiary/aromatic N) is 2. The number of para-hydroxylation sites is 1. The Kier molecular flexibility index (Phi) is 3.01. The number of H-pyrrole nitrogens is 2. The Morgan fingerprint density at radius 2 is 2.17 bits per heavy atom. The predicted molar refractivity (Wildman–Crippen MR) is 91.7 cm³/mol. The van der Waals surface area contributed by atoms with E-state index in [0.29, 0.717) is 6.54 Å². The molecular weight excluding hydrogens is 300 g/mol. The summed E-state index contributed by atoms with van der Waals surface area (Å²) < 4.78 is 0. The van der Waals surface area contributed by atoms with Crippen molar-refractivity contribution < 1.29 is 4.79 Å². The largest absolute Gasteiger partial charge is 0.357 e. The van der Waals surface area contributed by atoms with Crippen LogP contribution in [0.4, 0.5) is 0 Å². The molecule has 0 radical (unpaired) electrons. The summed E-state index contributed by atoms with van der Waals surface area (Å²) in [7, 11) is 0. The van der Waals surface area contributed by atoms with Crippen LogP contribution >= 0.6 is 0 Å². The van der Waals surface area contributed by atoms with Gasteiger partial charge >= 0.3 is 0 Å². The summed E-state index contributed by atoms with van der Waals surface area (Å²) in [6.07, 6.45) is 5.65. The van der Waals surface area contributed by atoms with E-state index in [1.807, 2.05) is 11.0 Å². The lowest BCUT2D eigenvalue weighted by Gasteiger charge is -2.31. The number of imidazole rings is 1. The third-order valence-corrected chi connectivity index (χ3v) is 5.50. The second-order valence-electron chi connectivity index (χ2n) is 6.85. The second kappa shape index (κ2) is 5.23. The molecule has 5 nitrogen and oxygen atoms in total. The minimum atomic E-state index is -0.0365. The molecular formula is C19H20N4O. The molecule has 0 fully saturated rings. The molecule has 1 aromatic carbocycles. The van der Waals surface area contributed by atoms with E-state index in [4.69, 9.17) is 0 Å². The first-order valence-corrected chi connectivity index (χ1v) is 8.70. The molecule has 0 saturated carbocycles. The summed E-state index contributed by atoms with van der Waals surface area (Å²) in [5.41, 5.74) is 5.82. The summed E-state index contributed by atoms with van der Waals surface area (Å²) in [5, 5.41) is 1.28. The van der Waals surface area contributed by atoms with Gasteiger partial charge in [0.15, 0.2) is 0 Å². The van der Waals surface area contributed by atoms with E-state index in [0.717, 1.165) is 54.8 Å². The van der Waals surface area contributed by atoms with Crippen molar-refractivity contribution >= 4 is 16.8 Å². The van der Waals surface area contributed by atoms with Gasteiger partial charge < -0.3 is 14.9 Å². The monoisotopic (exact) mass is 320 g/mol. The van der Waals surface area contributed by atoms with Gasteiger partial charge in [-0.15, -0.1) is 0 Å². The van der Waals surface area contributed by atoms with Crippen LogP contribution in [0.25, 0.3) is 10.9 Å². The number of fused-ring (bicyclic) bond motifs is 4. The smallest absolute Gasteiger partial charge is 0.232 e. The minimum absolute atomic E-state index is 0.0365. The molecule has 1 unspecified atom stereocenters. The van der Waals surface area contributed by atoms with Gasteiger partial charge in [0.05, 0.1) is 30.2 Å². The number of benzene rings is 1. The van der Waals surface area contributed by atoms with E-state index >= 15 is 0 Å². The van der Waals surface area contributed by atoms with Gasteiger partial charge in [0.1, 0.15) is 0 Å². The van der Waals surface area contributed by atoms with Crippen molar-refractivity contribution in [1.82, 2.24) is 19.9 Å². The number of rotatable bonds is 1. The Labute approximate surface area is 140 Å². The fraction of sp³-hybridized carbons (Fsp3) is 0.368. The third kappa shape index (κ3) is 2.00. The van der Waals surface area contributed by atoms with Crippen molar-refractivity contribution in [3.05, 3.63) is 53.2 Å². The standard InChI is InChI=1S/C19H20N4O/c24-19(23-9-8-16-17(10-23)21-11-20-16)14-6-3-5-13-12-4-1-2-7-15(12)22-18(13)14/h1-2,4,7,11,14,22H,3,5-6,8-10H2,(H,20,21). The van der Waals surface area contributed by atoms with Crippen molar-refractivity contribution in [2.24, 2.45) is 0 Å². The zero-order chi connectivity index (χ0) is 16.1. The van der Waals surface area contributed by atoms with E-state index < -0.39 is 0 Å². The fourth-order valence-electron chi connectivity index (χ4n) is 4.28. The highest BCUT2D eigenvalue weighted by molar-refractivity contribution is 5.90. The zero-order valence-corrected chi connectivity index (χ0v) is 13.5.